The Balaban J connectivity index is 2.25. The minimum absolute atomic E-state index is 0.716. The molecule has 1 aliphatic rings. The maximum Gasteiger partial charge on any atom is 0.0195 e. The topological polar surface area (TPSA) is 18.5 Å². The summed E-state index contributed by atoms with van der Waals surface area (Å²) in [5.41, 5.74) is 0. The van der Waals surface area contributed by atoms with Gasteiger partial charge >= 0.3 is 0 Å². The molecule has 0 amide bonds. The first-order chi connectivity index (χ1) is 7.13. The van der Waals surface area contributed by atoms with Crippen molar-refractivity contribution >= 4 is 0 Å². The highest BCUT2D eigenvalue weighted by Gasteiger charge is 2.22. The lowest BCUT2D eigenvalue weighted by Gasteiger charge is -2.39. The summed E-state index contributed by atoms with van der Waals surface area (Å²) in [6.45, 7) is 14.0. The molecule has 0 aromatic carbocycles. The van der Waals surface area contributed by atoms with Crippen molar-refractivity contribution < 1.29 is 0 Å². The number of piperazine rings is 1. The van der Waals surface area contributed by atoms with Gasteiger partial charge in [0.2, 0.25) is 0 Å². The van der Waals surface area contributed by atoms with Crippen LogP contribution >= 0.6 is 0 Å². The Hall–Kier alpha value is -0.120. The Kier molecular flexibility index (Phi) is 5.58. The van der Waals surface area contributed by atoms with Gasteiger partial charge in [0.1, 0.15) is 0 Å². The van der Waals surface area contributed by atoms with Crippen LogP contribution in [0.2, 0.25) is 0 Å². The SMILES string of the molecule is CCNCC(C)CN1CCN(C)CC1C. The summed E-state index contributed by atoms with van der Waals surface area (Å²) in [6.07, 6.45) is 0. The molecule has 3 nitrogen and oxygen atoms in total. The second-order valence-electron chi connectivity index (χ2n) is 5.02. The quantitative estimate of drug-likeness (QED) is 0.731. The van der Waals surface area contributed by atoms with Gasteiger partial charge in [-0.15, -0.1) is 0 Å². The Morgan fingerprint density at radius 1 is 1.40 bits per heavy atom. The number of nitrogens with one attached hydrogen (secondary N) is 1. The lowest BCUT2D eigenvalue weighted by atomic mass is 10.1. The summed E-state index contributed by atoms with van der Waals surface area (Å²) in [7, 11) is 2.22. The van der Waals surface area contributed by atoms with E-state index in [2.05, 4.69) is 42.9 Å². The van der Waals surface area contributed by atoms with Crippen LogP contribution in [0.1, 0.15) is 20.8 Å². The molecule has 15 heavy (non-hydrogen) atoms. The molecule has 1 heterocycles. The van der Waals surface area contributed by atoms with E-state index in [4.69, 9.17) is 0 Å². The van der Waals surface area contributed by atoms with Crippen molar-refractivity contribution in [2.45, 2.75) is 26.8 Å². The molecule has 90 valence electrons. The predicted octanol–water partition coefficient (Wildman–Crippen LogP) is 0.868. The van der Waals surface area contributed by atoms with Crippen LogP contribution in [0.4, 0.5) is 0 Å². The first-order valence-corrected chi connectivity index (χ1v) is 6.26. The third kappa shape index (κ3) is 4.49. The van der Waals surface area contributed by atoms with E-state index in [-0.39, 0.29) is 0 Å². The van der Waals surface area contributed by atoms with E-state index in [1.54, 1.807) is 0 Å². The van der Waals surface area contributed by atoms with Crippen LogP contribution in [0.25, 0.3) is 0 Å². The number of nitrogens with zero attached hydrogens (tertiary/aromatic N) is 2. The molecule has 1 aliphatic heterocycles. The molecule has 3 heteroatoms. The van der Waals surface area contributed by atoms with Gasteiger partial charge < -0.3 is 10.2 Å². The van der Waals surface area contributed by atoms with Crippen molar-refractivity contribution in [2.24, 2.45) is 5.92 Å². The Labute approximate surface area is 94.8 Å². The van der Waals surface area contributed by atoms with Gasteiger partial charge in [-0.3, -0.25) is 4.90 Å². The monoisotopic (exact) mass is 213 g/mol. The highest BCUT2D eigenvalue weighted by Crippen LogP contribution is 2.10. The number of hydrogen-bond donors (Lipinski definition) is 1. The lowest BCUT2D eigenvalue weighted by molar-refractivity contribution is 0.0872. The fourth-order valence-electron chi connectivity index (χ4n) is 2.30. The van der Waals surface area contributed by atoms with E-state index >= 15 is 0 Å². The van der Waals surface area contributed by atoms with Crippen molar-refractivity contribution in [1.82, 2.24) is 15.1 Å². The van der Waals surface area contributed by atoms with Crippen molar-refractivity contribution in [3.8, 4) is 0 Å². The average Bonchev–Trinajstić information content (AvgIpc) is 2.19. The molecule has 2 atom stereocenters. The summed E-state index contributed by atoms with van der Waals surface area (Å²) in [4.78, 5) is 5.05. The van der Waals surface area contributed by atoms with E-state index in [1.807, 2.05) is 0 Å². The van der Waals surface area contributed by atoms with Gasteiger partial charge in [-0.2, -0.15) is 0 Å². The molecule has 1 fully saturated rings. The molecular weight excluding hydrogens is 186 g/mol. The minimum Gasteiger partial charge on any atom is -0.317 e. The average molecular weight is 213 g/mol. The maximum absolute atomic E-state index is 3.42. The molecule has 0 aromatic heterocycles. The first-order valence-electron chi connectivity index (χ1n) is 6.26. The highest BCUT2D eigenvalue weighted by atomic mass is 15.3. The van der Waals surface area contributed by atoms with Crippen LogP contribution in [0.3, 0.4) is 0 Å². The molecule has 0 aliphatic carbocycles. The fraction of sp³-hybridized carbons (Fsp3) is 1.00. The molecule has 0 aromatic rings. The Morgan fingerprint density at radius 2 is 2.13 bits per heavy atom. The predicted molar refractivity (Wildman–Crippen MR) is 66.2 cm³/mol. The van der Waals surface area contributed by atoms with E-state index in [9.17, 15) is 0 Å². The molecule has 0 spiro atoms. The minimum atomic E-state index is 0.716. The van der Waals surface area contributed by atoms with Crippen LogP contribution in [-0.4, -0.2) is 62.2 Å². The summed E-state index contributed by atoms with van der Waals surface area (Å²) in [5, 5.41) is 3.42. The standard InChI is InChI=1S/C12H27N3/c1-5-13-8-11(2)9-15-7-6-14(4)10-12(15)3/h11-13H,5-10H2,1-4H3. The number of hydrogen-bond acceptors (Lipinski definition) is 3. The molecular formula is C12H27N3. The van der Waals surface area contributed by atoms with Crippen molar-refractivity contribution in [1.29, 1.82) is 0 Å². The number of rotatable bonds is 5. The Bertz CT molecular complexity index is 172. The Morgan fingerprint density at radius 3 is 2.73 bits per heavy atom. The van der Waals surface area contributed by atoms with Crippen LogP contribution < -0.4 is 5.32 Å². The maximum atomic E-state index is 3.42. The van der Waals surface area contributed by atoms with Gasteiger partial charge in [-0.05, 0) is 33.0 Å². The van der Waals surface area contributed by atoms with E-state index in [1.165, 1.54) is 26.2 Å². The lowest BCUT2D eigenvalue weighted by Crippen LogP contribution is -2.52. The van der Waals surface area contributed by atoms with E-state index < -0.39 is 0 Å². The molecule has 0 radical (unpaired) electrons. The van der Waals surface area contributed by atoms with Gasteiger partial charge in [0.25, 0.3) is 0 Å². The molecule has 0 bridgehead atoms. The molecule has 0 saturated carbocycles. The first kappa shape index (κ1) is 12.9. The molecule has 2 unspecified atom stereocenters. The number of likely N-dealkylation sites (N-methyl/N-ethyl adjacent to an activating group) is 1. The smallest absolute Gasteiger partial charge is 0.0195 e. The van der Waals surface area contributed by atoms with Crippen molar-refractivity contribution in [3.05, 3.63) is 0 Å². The summed E-state index contributed by atoms with van der Waals surface area (Å²) < 4.78 is 0. The van der Waals surface area contributed by atoms with E-state index in [0.717, 1.165) is 19.0 Å². The van der Waals surface area contributed by atoms with Crippen molar-refractivity contribution in [2.75, 3.05) is 46.3 Å². The third-order valence-corrected chi connectivity index (χ3v) is 3.26. The zero-order chi connectivity index (χ0) is 11.3. The van der Waals surface area contributed by atoms with Crippen LogP contribution in [0.15, 0.2) is 0 Å². The normalized spacial score (nSPS) is 26.8. The van der Waals surface area contributed by atoms with Crippen LogP contribution in [0.5, 0.6) is 0 Å². The fourth-order valence-corrected chi connectivity index (χ4v) is 2.30. The van der Waals surface area contributed by atoms with Gasteiger partial charge in [-0.1, -0.05) is 13.8 Å². The highest BCUT2D eigenvalue weighted by molar-refractivity contribution is 4.78. The van der Waals surface area contributed by atoms with Crippen molar-refractivity contribution in [3.63, 3.8) is 0 Å². The molecule has 1 saturated heterocycles. The second kappa shape index (κ2) is 6.46. The summed E-state index contributed by atoms with van der Waals surface area (Å²) in [6, 6.07) is 0.716. The van der Waals surface area contributed by atoms with Gasteiger partial charge in [-0.25, -0.2) is 0 Å². The zero-order valence-electron chi connectivity index (χ0n) is 10.8. The van der Waals surface area contributed by atoms with Gasteiger partial charge in [0.05, 0.1) is 0 Å². The molecule has 1 N–H and O–H groups in total. The van der Waals surface area contributed by atoms with Gasteiger partial charge in [0, 0.05) is 32.2 Å². The molecule has 1 rings (SSSR count). The largest absolute Gasteiger partial charge is 0.317 e. The summed E-state index contributed by atoms with van der Waals surface area (Å²) >= 11 is 0. The summed E-state index contributed by atoms with van der Waals surface area (Å²) in [5.74, 6) is 0.760. The van der Waals surface area contributed by atoms with Gasteiger partial charge in [0.15, 0.2) is 0 Å². The zero-order valence-corrected chi connectivity index (χ0v) is 10.8. The van der Waals surface area contributed by atoms with Crippen LogP contribution in [0, 0.1) is 5.92 Å². The van der Waals surface area contributed by atoms with Crippen LogP contribution in [-0.2, 0) is 0 Å². The second-order valence-corrected chi connectivity index (χ2v) is 5.02. The third-order valence-electron chi connectivity index (χ3n) is 3.26. The van der Waals surface area contributed by atoms with E-state index in [0.29, 0.717) is 6.04 Å².